The molecular formula is C15H21FN2O2. The minimum atomic E-state index is -0.476. The van der Waals surface area contributed by atoms with Crippen molar-refractivity contribution in [2.24, 2.45) is 0 Å². The van der Waals surface area contributed by atoms with Crippen molar-refractivity contribution in [1.82, 2.24) is 10.6 Å². The zero-order valence-corrected chi connectivity index (χ0v) is 12.1. The van der Waals surface area contributed by atoms with Crippen LogP contribution in [0.1, 0.15) is 32.8 Å². The highest BCUT2D eigenvalue weighted by atomic mass is 19.1. The minimum absolute atomic E-state index is 0.116. The summed E-state index contributed by atoms with van der Waals surface area (Å²) in [5.74, 6) is -0.232. The van der Waals surface area contributed by atoms with Gasteiger partial charge in [0, 0.05) is 18.6 Å². The third-order valence-electron chi connectivity index (χ3n) is 2.97. The Balaban J connectivity index is 1.68. The van der Waals surface area contributed by atoms with Crippen LogP contribution in [0, 0.1) is 5.82 Å². The van der Waals surface area contributed by atoms with Crippen LogP contribution in [0.4, 0.5) is 9.18 Å². The molecule has 0 aliphatic heterocycles. The summed E-state index contributed by atoms with van der Waals surface area (Å²) < 4.78 is 18.0. The van der Waals surface area contributed by atoms with Crippen molar-refractivity contribution in [3.63, 3.8) is 0 Å². The molecule has 0 bridgehead atoms. The standard InChI is InChI=1S/C15H21FN2O2/c1-15(2,3)20-14(19)18-13-8-12(13)17-9-10-4-6-11(16)7-5-10/h4-7,12-13,17H,8-9H2,1-3H3,(H,18,19). The summed E-state index contributed by atoms with van der Waals surface area (Å²) in [7, 11) is 0. The van der Waals surface area contributed by atoms with Crippen LogP contribution in [0.5, 0.6) is 0 Å². The molecule has 110 valence electrons. The number of amides is 1. The summed E-state index contributed by atoms with van der Waals surface area (Å²) >= 11 is 0. The van der Waals surface area contributed by atoms with Gasteiger partial charge in [0.1, 0.15) is 11.4 Å². The van der Waals surface area contributed by atoms with Crippen LogP contribution in [0.2, 0.25) is 0 Å². The van der Waals surface area contributed by atoms with Gasteiger partial charge in [-0.25, -0.2) is 9.18 Å². The summed E-state index contributed by atoms with van der Waals surface area (Å²) in [6.45, 7) is 6.18. The molecule has 4 nitrogen and oxygen atoms in total. The number of halogens is 1. The minimum Gasteiger partial charge on any atom is -0.444 e. The second kappa shape index (κ2) is 5.79. The summed E-state index contributed by atoms with van der Waals surface area (Å²) in [5.41, 5.74) is 0.546. The van der Waals surface area contributed by atoms with E-state index in [0.29, 0.717) is 6.54 Å². The normalized spacial score (nSPS) is 21.4. The van der Waals surface area contributed by atoms with Gasteiger partial charge in [-0.15, -0.1) is 0 Å². The number of rotatable bonds is 4. The Bertz CT molecular complexity index is 468. The molecule has 1 aromatic carbocycles. The number of hydrogen-bond acceptors (Lipinski definition) is 3. The van der Waals surface area contributed by atoms with E-state index in [1.807, 2.05) is 20.8 Å². The average molecular weight is 280 g/mol. The Morgan fingerprint density at radius 1 is 1.30 bits per heavy atom. The van der Waals surface area contributed by atoms with Gasteiger partial charge in [-0.2, -0.15) is 0 Å². The summed E-state index contributed by atoms with van der Waals surface area (Å²) in [4.78, 5) is 11.6. The Morgan fingerprint density at radius 3 is 2.55 bits per heavy atom. The van der Waals surface area contributed by atoms with E-state index in [-0.39, 0.29) is 24.0 Å². The molecule has 2 N–H and O–H groups in total. The molecule has 1 fully saturated rings. The summed E-state index contributed by atoms with van der Waals surface area (Å²) in [5, 5.41) is 6.14. The van der Waals surface area contributed by atoms with Crippen LogP contribution >= 0.6 is 0 Å². The monoisotopic (exact) mass is 280 g/mol. The maximum Gasteiger partial charge on any atom is 0.407 e. The second-order valence-corrected chi connectivity index (χ2v) is 6.10. The van der Waals surface area contributed by atoms with Gasteiger partial charge in [0.25, 0.3) is 0 Å². The number of carbonyl (C=O) groups is 1. The second-order valence-electron chi connectivity index (χ2n) is 6.10. The molecule has 1 amide bonds. The van der Waals surface area contributed by atoms with Crippen LogP contribution in [-0.4, -0.2) is 23.8 Å². The maximum absolute atomic E-state index is 12.8. The van der Waals surface area contributed by atoms with E-state index in [4.69, 9.17) is 4.74 Å². The number of carbonyl (C=O) groups excluding carboxylic acids is 1. The Morgan fingerprint density at radius 2 is 1.95 bits per heavy atom. The highest BCUT2D eigenvalue weighted by Gasteiger charge is 2.38. The van der Waals surface area contributed by atoms with E-state index in [1.165, 1.54) is 12.1 Å². The Hall–Kier alpha value is -1.62. The van der Waals surface area contributed by atoms with Crippen molar-refractivity contribution in [1.29, 1.82) is 0 Å². The van der Waals surface area contributed by atoms with Gasteiger partial charge in [-0.3, -0.25) is 0 Å². The summed E-state index contributed by atoms with van der Waals surface area (Å²) in [6.07, 6.45) is 0.508. The molecule has 0 aromatic heterocycles. The zero-order valence-electron chi connectivity index (χ0n) is 12.1. The molecule has 1 aliphatic rings. The number of alkyl carbamates (subject to hydrolysis) is 1. The largest absolute Gasteiger partial charge is 0.444 e. The third kappa shape index (κ3) is 4.81. The van der Waals surface area contributed by atoms with E-state index in [2.05, 4.69) is 10.6 Å². The first-order valence-electron chi connectivity index (χ1n) is 6.81. The van der Waals surface area contributed by atoms with Gasteiger partial charge < -0.3 is 15.4 Å². The van der Waals surface area contributed by atoms with Crippen LogP contribution in [-0.2, 0) is 11.3 Å². The number of benzene rings is 1. The van der Waals surface area contributed by atoms with E-state index in [0.717, 1.165) is 12.0 Å². The molecule has 20 heavy (non-hydrogen) atoms. The quantitative estimate of drug-likeness (QED) is 0.891. The van der Waals surface area contributed by atoms with Gasteiger partial charge in [0.05, 0.1) is 0 Å². The Kier molecular flexibility index (Phi) is 4.28. The fraction of sp³-hybridized carbons (Fsp3) is 0.533. The molecule has 1 aliphatic carbocycles. The summed E-state index contributed by atoms with van der Waals surface area (Å²) in [6, 6.07) is 6.76. The molecule has 0 saturated heterocycles. The van der Waals surface area contributed by atoms with Gasteiger partial charge in [0.2, 0.25) is 0 Å². The van der Waals surface area contributed by atoms with E-state index in [9.17, 15) is 9.18 Å². The van der Waals surface area contributed by atoms with Crippen molar-refractivity contribution in [2.75, 3.05) is 0 Å². The van der Waals surface area contributed by atoms with Crippen LogP contribution in [0.25, 0.3) is 0 Å². The first-order valence-corrected chi connectivity index (χ1v) is 6.81. The highest BCUT2D eigenvalue weighted by molar-refractivity contribution is 5.68. The van der Waals surface area contributed by atoms with Crippen molar-refractivity contribution < 1.29 is 13.9 Å². The first kappa shape index (κ1) is 14.8. The lowest BCUT2D eigenvalue weighted by Gasteiger charge is -2.19. The fourth-order valence-electron chi connectivity index (χ4n) is 1.89. The molecule has 0 heterocycles. The predicted molar refractivity (Wildman–Crippen MR) is 74.8 cm³/mol. The number of ether oxygens (including phenoxy) is 1. The third-order valence-corrected chi connectivity index (χ3v) is 2.97. The molecular weight excluding hydrogens is 259 g/mol. The molecule has 2 atom stereocenters. The predicted octanol–water partition coefficient (Wildman–Crippen LogP) is 2.58. The zero-order chi connectivity index (χ0) is 14.8. The lowest BCUT2D eigenvalue weighted by molar-refractivity contribution is 0.0522. The lowest BCUT2D eigenvalue weighted by Crippen LogP contribution is -2.36. The number of nitrogens with one attached hydrogen (secondary N) is 2. The SMILES string of the molecule is CC(C)(C)OC(=O)NC1CC1NCc1ccc(F)cc1. The molecule has 1 saturated carbocycles. The maximum atomic E-state index is 12.8. The molecule has 0 spiro atoms. The molecule has 0 radical (unpaired) electrons. The van der Waals surface area contributed by atoms with Gasteiger partial charge in [-0.1, -0.05) is 12.1 Å². The van der Waals surface area contributed by atoms with Crippen molar-refractivity contribution in [3.8, 4) is 0 Å². The van der Waals surface area contributed by atoms with Crippen molar-refractivity contribution in [3.05, 3.63) is 35.6 Å². The first-order chi connectivity index (χ1) is 9.33. The molecule has 2 rings (SSSR count). The molecule has 1 aromatic rings. The molecule has 5 heteroatoms. The fourth-order valence-corrected chi connectivity index (χ4v) is 1.89. The van der Waals surface area contributed by atoms with Crippen molar-refractivity contribution in [2.45, 2.75) is 51.4 Å². The van der Waals surface area contributed by atoms with Crippen LogP contribution in [0.3, 0.4) is 0 Å². The average Bonchev–Trinajstić information content (AvgIpc) is 3.04. The van der Waals surface area contributed by atoms with Gasteiger partial charge in [-0.05, 0) is 44.9 Å². The van der Waals surface area contributed by atoms with E-state index >= 15 is 0 Å². The Labute approximate surface area is 118 Å². The van der Waals surface area contributed by atoms with Gasteiger partial charge >= 0.3 is 6.09 Å². The molecule has 2 unspecified atom stereocenters. The topological polar surface area (TPSA) is 50.4 Å². The van der Waals surface area contributed by atoms with Crippen molar-refractivity contribution >= 4 is 6.09 Å². The van der Waals surface area contributed by atoms with Gasteiger partial charge in [0.15, 0.2) is 0 Å². The van der Waals surface area contributed by atoms with Crippen LogP contribution < -0.4 is 10.6 Å². The number of hydrogen-bond donors (Lipinski definition) is 2. The highest BCUT2D eigenvalue weighted by Crippen LogP contribution is 2.22. The van der Waals surface area contributed by atoms with Crippen LogP contribution in [0.15, 0.2) is 24.3 Å². The lowest BCUT2D eigenvalue weighted by atomic mass is 10.2. The van der Waals surface area contributed by atoms with E-state index in [1.54, 1.807) is 12.1 Å². The smallest absolute Gasteiger partial charge is 0.407 e. The van der Waals surface area contributed by atoms with E-state index < -0.39 is 5.60 Å².